The molecule has 0 spiro atoms. The van der Waals surface area contributed by atoms with Crippen LogP contribution in [0.3, 0.4) is 0 Å². The van der Waals surface area contributed by atoms with Gasteiger partial charge < -0.3 is 9.15 Å². The highest BCUT2D eigenvalue weighted by atomic mass is 16.5. The molecule has 6 rings (SSSR count). The lowest BCUT2D eigenvalue weighted by molar-refractivity contribution is 0.414. The van der Waals surface area contributed by atoms with Crippen molar-refractivity contribution < 1.29 is 9.15 Å². The van der Waals surface area contributed by atoms with E-state index in [0.29, 0.717) is 38.7 Å². The number of nitrogens with zero attached hydrogens (tertiary/aromatic N) is 2. The predicted octanol–water partition coefficient (Wildman–Crippen LogP) is 3.22. The van der Waals surface area contributed by atoms with Crippen LogP contribution < -0.4 is 21.5 Å². The molecule has 5 aromatic rings. The van der Waals surface area contributed by atoms with Crippen LogP contribution in [0.4, 0.5) is 0 Å². The van der Waals surface area contributed by atoms with E-state index in [4.69, 9.17) is 9.15 Å². The number of aromatic nitrogens is 2. The van der Waals surface area contributed by atoms with E-state index in [1.54, 1.807) is 79.9 Å². The lowest BCUT2D eigenvalue weighted by atomic mass is 9.98. The first-order valence-corrected chi connectivity index (χ1v) is 10.1. The standard InChI is InChI=1S/C25H16N2O5/c1-31-15-12-10-14(11-13-15)21-20-22(18-8-4-5-9-19(18)32-25(20)30)27-24(29)17-7-3-2-6-16(17)23(28)26(21)27/h2-13,21H,1H3. The summed E-state index contributed by atoms with van der Waals surface area (Å²) in [5, 5.41) is 1.19. The van der Waals surface area contributed by atoms with Gasteiger partial charge in [0, 0.05) is 5.39 Å². The molecule has 0 radical (unpaired) electrons. The van der Waals surface area contributed by atoms with E-state index < -0.39 is 11.7 Å². The number of hydrogen-bond acceptors (Lipinski definition) is 5. The molecule has 7 heteroatoms. The largest absolute Gasteiger partial charge is 0.497 e. The lowest BCUT2D eigenvalue weighted by Crippen LogP contribution is -2.36. The van der Waals surface area contributed by atoms with E-state index in [1.165, 1.54) is 9.36 Å². The van der Waals surface area contributed by atoms with Gasteiger partial charge in [-0.2, -0.15) is 0 Å². The summed E-state index contributed by atoms with van der Waals surface area (Å²) in [6, 6.07) is 20.0. The van der Waals surface area contributed by atoms with Gasteiger partial charge in [-0.25, -0.2) is 14.2 Å². The van der Waals surface area contributed by atoms with Crippen LogP contribution in [0.25, 0.3) is 27.4 Å². The number of methoxy groups -OCH3 is 1. The molecule has 0 aliphatic carbocycles. The average Bonchev–Trinajstić information content (AvgIpc) is 3.20. The number of para-hydroxylation sites is 1. The summed E-state index contributed by atoms with van der Waals surface area (Å²) >= 11 is 0. The fraction of sp³-hybridized carbons (Fsp3) is 0.0800. The topological polar surface area (TPSA) is 83.4 Å². The van der Waals surface area contributed by atoms with Crippen LogP contribution in [0.5, 0.6) is 5.75 Å². The highest BCUT2D eigenvalue weighted by Gasteiger charge is 2.37. The van der Waals surface area contributed by atoms with Crippen molar-refractivity contribution in [2.45, 2.75) is 6.04 Å². The number of benzene rings is 3. The summed E-state index contributed by atoms with van der Waals surface area (Å²) < 4.78 is 13.5. The summed E-state index contributed by atoms with van der Waals surface area (Å²) in [5.41, 5.74) is 0.338. The van der Waals surface area contributed by atoms with Crippen molar-refractivity contribution in [2.75, 3.05) is 7.11 Å². The van der Waals surface area contributed by atoms with Crippen molar-refractivity contribution in [1.82, 2.24) is 9.36 Å². The van der Waals surface area contributed by atoms with Crippen LogP contribution in [0.15, 0.2) is 91.6 Å². The third kappa shape index (κ3) is 2.33. The first kappa shape index (κ1) is 18.4. The molecule has 7 nitrogen and oxygen atoms in total. The van der Waals surface area contributed by atoms with Gasteiger partial charge in [-0.15, -0.1) is 0 Å². The minimum Gasteiger partial charge on any atom is -0.497 e. The third-order valence-corrected chi connectivity index (χ3v) is 5.99. The molecule has 156 valence electrons. The number of rotatable bonds is 2. The Morgan fingerprint density at radius 3 is 2.09 bits per heavy atom. The zero-order valence-electron chi connectivity index (χ0n) is 16.9. The highest BCUT2D eigenvalue weighted by molar-refractivity contribution is 5.89. The summed E-state index contributed by atoms with van der Waals surface area (Å²) in [5.74, 6) is 0.640. The van der Waals surface area contributed by atoms with Crippen LogP contribution in [-0.4, -0.2) is 16.5 Å². The van der Waals surface area contributed by atoms with Gasteiger partial charge in [0.15, 0.2) is 0 Å². The van der Waals surface area contributed by atoms with Gasteiger partial charge >= 0.3 is 5.63 Å². The summed E-state index contributed by atoms with van der Waals surface area (Å²) in [6.45, 7) is 0. The molecular formula is C25H16N2O5. The SMILES string of the molecule is COc1ccc(C2c3c(c4ccccc4oc3=O)-n3c(=O)c4ccccc4c(=O)n32)cc1. The molecule has 2 aromatic heterocycles. The van der Waals surface area contributed by atoms with Gasteiger partial charge in [0.25, 0.3) is 11.1 Å². The molecule has 32 heavy (non-hydrogen) atoms. The Balaban J connectivity index is 1.84. The second kappa shape index (κ2) is 6.55. The normalized spacial score (nSPS) is 14.5. The summed E-state index contributed by atoms with van der Waals surface area (Å²) in [6.07, 6.45) is 0. The van der Waals surface area contributed by atoms with Crippen LogP contribution in [0.1, 0.15) is 17.2 Å². The Labute approximate surface area is 180 Å². The van der Waals surface area contributed by atoms with Crippen molar-refractivity contribution in [3.05, 3.63) is 115 Å². The second-order valence-corrected chi connectivity index (χ2v) is 7.64. The van der Waals surface area contributed by atoms with Crippen LogP contribution in [0, 0.1) is 0 Å². The quantitative estimate of drug-likeness (QED) is 0.399. The smallest absolute Gasteiger partial charge is 0.344 e. The third-order valence-electron chi connectivity index (χ3n) is 5.99. The maximum atomic E-state index is 13.6. The van der Waals surface area contributed by atoms with E-state index in [0.717, 1.165) is 0 Å². The molecule has 0 N–H and O–H groups in total. The van der Waals surface area contributed by atoms with Crippen molar-refractivity contribution in [2.24, 2.45) is 0 Å². The first-order valence-electron chi connectivity index (χ1n) is 10.1. The van der Waals surface area contributed by atoms with E-state index in [2.05, 4.69) is 0 Å². The van der Waals surface area contributed by atoms with Crippen molar-refractivity contribution in [3.63, 3.8) is 0 Å². The molecule has 0 bridgehead atoms. The first-order chi connectivity index (χ1) is 15.6. The Kier molecular flexibility index (Phi) is 3.76. The van der Waals surface area contributed by atoms with E-state index >= 15 is 0 Å². The molecule has 1 atom stereocenters. The molecule has 3 heterocycles. The molecule has 0 saturated heterocycles. The minimum absolute atomic E-state index is 0.253. The predicted molar refractivity (Wildman–Crippen MR) is 120 cm³/mol. The molecule has 3 aromatic carbocycles. The van der Waals surface area contributed by atoms with Crippen molar-refractivity contribution in [1.29, 1.82) is 0 Å². The summed E-state index contributed by atoms with van der Waals surface area (Å²) in [4.78, 5) is 40.5. The fourth-order valence-corrected chi connectivity index (χ4v) is 4.56. The monoisotopic (exact) mass is 424 g/mol. The van der Waals surface area contributed by atoms with Gasteiger partial charge in [0.1, 0.15) is 17.4 Å². The van der Waals surface area contributed by atoms with Crippen LogP contribution in [-0.2, 0) is 0 Å². The molecule has 1 aliphatic rings. The van der Waals surface area contributed by atoms with Gasteiger partial charge in [-0.3, -0.25) is 9.59 Å². The van der Waals surface area contributed by atoms with Crippen LogP contribution in [0.2, 0.25) is 0 Å². The van der Waals surface area contributed by atoms with Crippen molar-refractivity contribution >= 4 is 21.7 Å². The maximum Gasteiger partial charge on any atom is 0.344 e. The Morgan fingerprint density at radius 2 is 1.41 bits per heavy atom. The van der Waals surface area contributed by atoms with E-state index in [1.807, 2.05) is 0 Å². The zero-order chi connectivity index (χ0) is 22.0. The molecule has 0 saturated carbocycles. The average molecular weight is 424 g/mol. The number of fused-ring (bicyclic) bond motifs is 6. The molecule has 0 amide bonds. The zero-order valence-corrected chi connectivity index (χ0v) is 16.9. The van der Waals surface area contributed by atoms with E-state index in [9.17, 15) is 14.4 Å². The Morgan fingerprint density at radius 1 is 0.781 bits per heavy atom. The Hall–Kier alpha value is -4.39. The van der Waals surface area contributed by atoms with Gasteiger partial charge in [-0.05, 0) is 42.0 Å². The van der Waals surface area contributed by atoms with Gasteiger partial charge in [0.2, 0.25) is 0 Å². The molecule has 1 unspecified atom stereocenters. The van der Waals surface area contributed by atoms with Crippen LogP contribution >= 0.6 is 0 Å². The molecule has 1 aliphatic heterocycles. The summed E-state index contributed by atoms with van der Waals surface area (Å²) in [7, 11) is 1.56. The number of hydrogen-bond donors (Lipinski definition) is 0. The van der Waals surface area contributed by atoms with E-state index in [-0.39, 0.29) is 16.7 Å². The maximum absolute atomic E-state index is 13.6. The fourth-order valence-electron chi connectivity index (χ4n) is 4.56. The minimum atomic E-state index is -0.818. The highest BCUT2D eigenvalue weighted by Crippen LogP contribution is 2.37. The van der Waals surface area contributed by atoms with Gasteiger partial charge in [-0.1, -0.05) is 36.4 Å². The number of ether oxygens (including phenoxy) is 1. The van der Waals surface area contributed by atoms with Gasteiger partial charge in [0.05, 0.1) is 29.1 Å². The lowest BCUT2D eigenvalue weighted by Gasteiger charge is -2.16. The second-order valence-electron chi connectivity index (χ2n) is 7.64. The van der Waals surface area contributed by atoms with Crippen molar-refractivity contribution in [3.8, 4) is 11.4 Å². The Bertz CT molecular complexity index is 1730. The molecular weight excluding hydrogens is 408 g/mol. The molecule has 0 fully saturated rings.